The first-order valence-corrected chi connectivity index (χ1v) is 13.2. The monoisotopic (exact) mass is 464 g/mol. The number of nitrogens with two attached hydrogens (primary N) is 1. The van der Waals surface area contributed by atoms with Crippen LogP contribution in [0.1, 0.15) is 65.9 Å². The molecular formula is C22H32N4O3S2. The fourth-order valence-electron chi connectivity index (χ4n) is 4.02. The number of aryl methyl sites for hydroxylation is 2. The van der Waals surface area contributed by atoms with Crippen molar-refractivity contribution < 1.29 is 13.2 Å². The molecule has 0 aliphatic heterocycles. The SMILES string of the molecule is Cc1ccc(C(=O)c2sc(NC3CCC(NS(=O)(=O)CC(C)C)CC3)nc2N)c(C)c1. The first kappa shape index (κ1) is 23.7. The van der Waals surface area contributed by atoms with E-state index in [2.05, 4.69) is 15.0 Å². The zero-order valence-corrected chi connectivity index (χ0v) is 20.2. The Morgan fingerprint density at radius 2 is 1.84 bits per heavy atom. The Kier molecular flexibility index (Phi) is 7.39. The number of benzene rings is 1. The number of nitrogens with one attached hydrogen (secondary N) is 2. The molecule has 0 amide bonds. The third kappa shape index (κ3) is 6.27. The van der Waals surface area contributed by atoms with Crippen LogP contribution in [0.15, 0.2) is 18.2 Å². The molecule has 2 aromatic rings. The summed E-state index contributed by atoms with van der Waals surface area (Å²) in [5.74, 6) is 0.392. The Bertz CT molecular complexity index is 1040. The Balaban J connectivity index is 1.59. The summed E-state index contributed by atoms with van der Waals surface area (Å²) in [6, 6.07) is 5.90. The van der Waals surface area contributed by atoms with Crippen molar-refractivity contribution in [3.63, 3.8) is 0 Å². The molecule has 0 saturated heterocycles. The number of ketones is 1. The highest BCUT2D eigenvalue weighted by molar-refractivity contribution is 7.89. The lowest BCUT2D eigenvalue weighted by atomic mass is 9.92. The van der Waals surface area contributed by atoms with E-state index >= 15 is 0 Å². The van der Waals surface area contributed by atoms with Gasteiger partial charge in [-0.2, -0.15) is 0 Å². The number of sulfonamides is 1. The van der Waals surface area contributed by atoms with Crippen molar-refractivity contribution in [1.29, 1.82) is 0 Å². The lowest BCUT2D eigenvalue weighted by molar-refractivity contribution is 0.104. The van der Waals surface area contributed by atoms with E-state index in [1.165, 1.54) is 11.3 Å². The van der Waals surface area contributed by atoms with E-state index < -0.39 is 10.0 Å². The summed E-state index contributed by atoms with van der Waals surface area (Å²) in [7, 11) is -3.24. The van der Waals surface area contributed by atoms with Crippen molar-refractivity contribution in [3.8, 4) is 0 Å². The summed E-state index contributed by atoms with van der Waals surface area (Å²) < 4.78 is 27.2. The standard InChI is InChI=1S/C22H32N4O3S2/c1-13(2)12-31(28,29)26-17-8-6-16(7-9-17)24-22-25-21(23)20(30-22)19(27)18-10-5-14(3)11-15(18)4/h5,10-11,13,16-17,26H,6-9,12,23H2,1-4H3,(H,24,25). The third-order valence-corrected chi connectivity index (χ3v) is 8.24. The minimum absolute atomic E-state index is 0.0233. The summed E-state index contributed by atoms with van der Waals surface area (Å²) in [5.41, 5.74) is 8.73. The molecule has 3 rings (SSSR count). The molecule has 1 saturated carbocycles. The second kappa shape index (κ2) is 9.67. The van der Waals surface area contributed by atoms with Crippen LogP contribution in [0.5, 0.6) is 0 Å². The minimum Gasteiger partial charge on any atom is -0.382 e. The van der Waals surface area contributed by atoms with E-state index in [0.29, 0.717) is 15.6 Å². The van der Waals surface area contributed by atoms with Crippen LogP contribution in [0.25, 0.3) is 0 Å². The molecule has 170 valence electrons. The zero-order chi connectivity index (χ0) is 22.8. The van der Waals surface area contributed by atoms with Crippen molar-refractivity contribution in [2.24, 2.45) is 5.92 Å². The average molecular weight is 465 g/mol. The quantitative estimate of drug-likeness (QED) is 0.511. The summed E-state index contributed by atoms with van der Waals surface area (Å²) in [4.78, 5) is 17.8. The fraction of sp³-hybridized carbons (Fsp3) is 0.545. The maximum Gasteiger partial charge on any atom is 0.212 e. The van der Waals surface area contributed by atoms with Crippen LogP contribution in [0.4, 0.5) is 10.9 Å². The van der Waals surface area contributed by atoms with E-state index in [1.807, 2.05) is 45.9 Å². The van der Waals surface area contributed by atoms with E-state index in [9.17, 15) is 13.2 Å². The van der Waals surface area contributed by atoms with Crippen LogP contribution in [0, 0.1) is 19.8 Å². The topological polar surface area (TPSA) is 114 Å². The molecule has 1 aliphatic carbocycles. The number of carbonyl (C=O) groups is 1. The number of nitrogen functional groups attached to an aromatic ring is 1. The number of rotatable bonds is 8. The van der Waals surface area contributed by atoms with E-state index in [-0.39, 0.29) is 35.4 Å². The van der Waals surface area contributed by atoms with Crippen molar-refractivity contribution >= 4 is 38.1 Å². The second-order valence-corrected chi connectivity index (χ2v) is 11.7. The van der Waals surface area contributed by atoms with Gasteiger partial charge in [-0.15, -0.1) is 0 Å². The molecule has 0 atom stereocenters. The molecule has 31 heavy (non-hydrogen) atoms. The molecular weight excluding hydrogens is 432 g/mol. The number of anilines is 2. The zero-order valence-electron chi connectivity index (χ0n) is 18.6. The van der Waals surface area contributed by atoms with Gasteiger partial charge >= 0.3 is 0 Å². The molecule has 0 spiro atoms. The molecule has 4 N–H and O–H groups in total. The number of carbonyl (C=O) groups excluding carboxylic acids is 1. The van der Waals surface area contributed by atoms with Gasteiger partial charge in [-0.05, 0) is 51.0 Å². The van der Waals surface area contributed by atoms with Gasteiger partial charge in [-0.1, -0.05) is 48.9 Å². The van der Waals surface area contributed by atoms with Gasteiger partial charge in [0.05, 0.1) is 5.75 Å². The fourth-order valence-corrected chi connectivity index (χ4v) is 6.65. The number of nitrogens with zero attached hydrogens (tertiary/aromatic N) is 1. The molecule has 1 aliphatic rings. The van der Waals surface area contributed by atoms with Crippen LogP contribution in [0.2, 0.25) is 0 Å². The van der Waals surface area contributed by atoms with Crippen molar-refractivity contribution in [1.82, 2.24) is 9.71 Å². The molecule has 1 aromatic heterocycles. The van der Waals surface area contributed by atoms with E-state index in [0.717, 1.165) is 36.8 Å². The Morgan fingerprint density at radius 3 is 2.45 bits per heavy atom. The van der Waals surface area contributed by atoms with Gasteiger partial charge in [0.15, 0.2) is 5.13 Å². The second-order valence-electron chi connectivity index (χ2n) is 8.87. The largest absolute Gasteiger partial charge is 0.382 e. The first-order chi connectivity index (χ1) is 14.5. The molecule has 0 bridgehead atoms. The van der Waals surface area contributed by atoms with Gasteiger partial charge in [0.2, 0.25) is 15.8 Å². The average Bonchev–Trinajstić information content (AvgIpc) is 3.01. The van der Waals surface area contributed by atoms with Gasteiger partial charge in [-0.25, -0.2) is 18.1 Å². The molecule has 9 heteroatoms. The van der Waals surface area contributed by atoms with Gasteiger partial charge in [0, 0.05) is 17.6 Å². The van der Waals surface area contributed by atoms with Crippen molar-refractivity contribution in [2.45, 2.75) is 65.5 Å². The van der Waals surface area contributed by atoms with Gasteiger partial charge in [0.1, 0.15) is 10.7 Å². The highest BCUT2D eigenvalue weighted by Gasteiger charge is 2.26. The van der Waals surface area contributed by atoms with Gasteiger partial charge < -0.3 is 11.1 Å². The summed E-state index contributed by atoms with van der Waals surface area (Å²) in [6.45, 7) is 7.72. The molecule has 1 aromatic carbocycles. The predicted molar refractivity (Wildman–Crippen MR) is 127 cm³/mol. The van der Waals surface area contributed by atoms with Crippen LogP contribution in [-0.2, 0) is 10.0 Å². The van der Waals surface area contributed by atoms with Crippen LogP contribution >= 0.6 is 11.3 Å². The van der Waals surface area contributed by atoms with Gasteiger partial charge in [0.25, 0.3) is 0 Å². The van der Waals surface area contributed by atoms with Crippen molar-refractivity contribution in [2.75, 3.05) is 16.8 Å². The lowest BCUT2D eigenvalue weighted by Gasteiger charge is -2.29. The Labute approximate surface area is 188 Å². The highest BCUT2D eigenvalue weighted by Crippen LogP contribution is 2.31. The van der Waals surface area contributed by atoms with E-state index in [1.54, 1.807) is 0 Å². The number of hydrogen-bond acceptors (Lipinski definition) is 7. The Morgan fingerprint density at radius 1 is 1.19 bits per heavy atom. The molecule has 0 unspecified atom stereocenters. The number of hydrogen-bond donors (Lipinski definition) is 3. The van der Waals surface area contributed by atoms with E-state index in [4.69, 9.17) is 5.73 Å². The summed E-state index contributed by atoms with van der Waals surface area (Å²) in [5, 5.41) is 4.02. The number of aromatic nitrogens is 1. The Hall–Kier alpha value is -1.97. The smallest absolute Gasteiger partial charge is 0.212 e. The molecule has 0 radical (unpaired) electrons. The summed E-state index contributed by atoms with van der Waals surface area (Å²) in [6.07, 6.45) is 3.19. The first-order valence-electron chi connectivity index (χ1n) is 10.7. The molecule has 1 fully saturated rings. The molecule has 7 nitrogen and oxygen atoms in total. The maximum absolute atomic E-state index is 13.0. The third-order valence-electron chi connectivity index (χ3n) is 5.44. The minimum atomic E-state index is -3.24. The normalized spacial score (nSPS) is 19.5. The highest BCUT2D eigenvalue weighted by atomic mass is 32.2. The molecule has 1 heterocycles. The van der Waals surface area contributed by atoms with Crippen LogP contribution < -0.4 is 15.8 Å². The van der Waals surface area contributed by atoms with Crippen LogP contribution in [-0.4, -0.2) is 37.0 Å². The number of thiazole rings is 1. The summed E-state index contributed by atoms with van der Waals surface area (Å²) >= 11 is 1.28. The predicted octanol–water partition coefficient (Wildman–Crippen LogP) is 3.87. The van der Waals surface area contributed by atoms with Crippen molar-refractivity contribution in [3.05, 3.63) is 39.8 Å². The van der Waals surface area contributed by atoms with Crippen LogP contribution in [0.3, 0.4) is 0 Å². The maximum atomic E-state index is 13.0. The lowest BCUT2D eigenvalue weighted by Crippen LogP contribution is -2.41. The van der Waals surface area contributed by atoms with Gasteiger partial charge in [-0.3, -0.25) is 4.79 Å².